The average molecular weight is 636 g/mol. The van der Waals surface area contributed by atoms with Gasteiger partial charge in [-0.15, -0.1) is 11.3 Å². The van der Waals surface area contributed by atoms with Crippen LogP contribution in [0.25, 0.3) is 64.0 Å². The number of hydrogen-bond donors (Lipinski definition) is 1. The van der Waals surface area contributed by atoms with Gasteiger partial charge >= 0.3 is 0 Å². The van der Waals surface area contributed by atoms with Crippen LogP contribution in [0.1, 0.15) is 16.7 Å². The van der Waals surface area contributed by atoms with Crippen LogP contribution in [0.2, 0.25) is 0 Å². The second-order valence-electron chi connectivity index (χ2n) is 12.0. The van der Waals surface area contributed by atoms with Crippen LogP contribution in [-0.4, -0.2) is 11.7 Å². The molecule has 5 heteroatoms. The molecule has 2 aromatic heterocycles. The molecule has 0 aliphatic rings. The fourth-order valence-electron chi connectivity index (χ4n) is 6.66. The van der Waals surface area contributed by atoms with Crippen molar-refractivity contribution in [1.29, 1.82) is 0 Å². The van der Waals surface area contributed by atoms with Gasteiger partial charge in [-0.1, -0.05) is 115 Å². The molecule has 4 nitrogen and oxygen atoms in total. The lowest BCUT2D eigenvalue weighted by molar-refractivity contribution is 0.669. The quantitative estimate of drug-likeness (QED) is 0.151. The first-order valence-electron chi connectivity index (χ1n) is 16.0. The number of furan rings is 1. The maximum Gasteiger partial charge on any atom is 0.158 e. The van der Waals surface area contributed by atoms with Crippen LogP contribution in [-0.2, 0) is 6.54 Å². The Labute approximate surface area is 281 Å². The number of rotatable bonds is 5. The van der Waals surface area contributed by atoms with Crippen molar-refractivity contribution >= 4 is 75.9 Å². The highest BCUT2D eigenvalue weighted by atomic mass is 32.1. The molecule has 0 spiro atoms. The van der Waals surface area contributed by atoms with Crippen LogP contribution < -0.4 is 5.73 Å². The van der Waals surface area contributed by atoms with Gasteiger partial charge in [-0.05, 0) is 63.9 Å². The monoisotopic (exact) mass is 635 g/mol. The van der Waals surface area contributed by atoms with Crippen molar-refractivity contribution in [2.24, 2.45) is 15.7 Å². The van der Waals surface area contributed by atoms with Crippen molar-refractivity contribution < 1.29 is 4.42 Å². The standard InChI is InChI=1S/C43H29N3OS/c44-42(46-43(45-26-27-11-2-1-3-12-27)34-17-10-20-39-41(34)33-16-7-9-19-38(33)48-39)35-24-31(30-22-21-28-13-4-5-14-29(28)23-30)25-37-40(35)32-15-6-8-18-36(32)47-37/h1-25H,26H2,(H2,44,45,46). The molecule has 228 valence electrons. The van der Waals surface area contributed by atoms with E-state index in [9.17, 15) is 0 Å². The van der Waals surface area contributed by atoms with Gasteiger partial charge in [0.2, 0.25) is 0 Å². The highest BCUT2D eigenvalue weighted by molar-refractivity contribution is 7.25. The van der Waals surface area contributed by atoms with Crippen molar-refractivity contribution in [3.63, 3.8) is 0 Å². The number of para-hydroxylation sites is 1. The van der Waals surface area contributed by atoms with Gasteiger partial charge in [0.25, 0.3) is 0 Å². The number of fused-ring (bicyclic) bond motifs is 7. The summed E-state index contributed by atoms with van der Waals surface area (Å²) in [4.78, 5) is 10.3. The normalized spacial score (nSPS) is 12.6. The van der Waals surface area contributed by atoms with Gasteiger partial charge in [0, 0.05) is 42.1 Å². The molecular formula is C43H29N3OS. The van der Waals surface area contributed by atoms with Crippen molar-refractivity contribution in [3.8, 4) is 11.1 Å². The van der Waals surface area contributed by atoms with Crippen LogP contribution in [0, 0.1) is 0 Å². The van der Waals surface area contributed by atoms with Gasteiger partial charge in [0.15, 0.2) is 5.84 Å². The highest BCUT2D eigenvalue weighted by Gasteiger charge is 2.19. The molecule has 0 radical (unpaired) electrons. The zero-order chi connectivity index (χ0) is 32.0. The molecule has 0 unspecified atom stereocenters. The third-order valence-corrected chi connectivity index (χ3v) is 10.1. The van der Waals surface area contributed by atoms with E-state index in [1.54, 1.807) is 11.3 Å². The molecule has 0 aliphatic carbocycles. The maximum absolute atomic E-state index is 7.12. The number of nitrogens with zero attached hydrogens (tertiary/aromatic N) is 2. The lowest BCUT2D eigenvalue weighted by Crippen LogP contribution is -2.17. The highest BCUT2D eigenvalue weighted by Crippen LogP contribution is 2.38. The lowest BCUT2D eigenvalue weighted by Gasteiger charge is -2.11. The molecule has 0 bridgehead atoms. The molecule has 7 aromatic carbocycles. The predicted octanol–water partition coefficient (Wildman–Crippen LogP) is 11.1. The van der Waals surface area contributed by atoms with E-state index in [4.69, 9.17) is 20.1 Å². The van der Waals surface area contributed by atoms with E-state index >= 15 is 0 Å². The molecule has 0 atom stereocenters. The van der Waals surface area contributed by atoms with Gasteiger partial charge in [-0.3, -0.25) is 4.99 Å². The lowest BCUT2D eigenvalue weighted by atomic mass is 9.96. The fraction of sp³-hybridized carbons (Fsp3) is 0.0233. The van der Waals surface area contributed by atoms with Gasteiger partial charge < -0.3 is 10.2 Å². The van der Waals surface area contributed by atoms with Crippen molar-refractivity contribution in [1.82, 2.24) is 0 Å². The molecule has 48 heavy (non-hydrogen) atoms. The minimum atomic E-state index is 0.387. The molecule has 0 fully saturated rings. The Bertz CT molecular complexity index is 2720. The first-order chi connectivity index (χ1) is 23.7. The first kappa shape index (κ1) is 28.2. The Morgan fingerprint density at radius 1 is 0.562 bits per heavy atom. The summed E-state index contributed by atoms with van der Waals surface area (Å²) in [6.07, 6.45) is 0. The van der Waals surface area contributed by atoms with E-state index in [0.29, 0.717) is 18.2 Å². The maximum atomic E-state index is 7.12. The average Bonchev–Trinajstić information content (AvgIpc) is 3.71. The number of hydrogen-bond acceptors (Lipinski definition) is 3. The van der Waals surface area contributed by atoms with E-state index < -0.39 is 0 Å². The van der Waals surface area contributed by atoms with Gasteiger partial charge in [-0.2, -0.15) is 0 Å². The predicted molar refractivity (Wildman–Crippen MR) is 203 cm³/mol. The van der Waals surface area contributed by atoms with Crippen molar-refractivity contribution in [2.45, 2.75) is 6.54 Å². The minimum absolute atomic E-state index is 0.387. The molecular weight excluding hydrogens is 607 g/mol. The Morgan fingerprint density at radius 2 is 1.31 bits per heavy atom. The molecule has 0 saturated carbocycles. The number of benzene rings is 7. The van der Waals surface area contributed by atoms with E-state index in [0.717, 1.165) is 55.1 Å². The summed E-state index contributed by atoms with van der Waals surface area (Å²) >= 11 is 1.78. The summed E-state index contributed by atoms with van der Waals surface area (Å²) in [5, 5.41) is 6.65. The molecule has 9 aromatic rings. The van der Waals surface area contributed by atoms with Crippen LogP contribution in [0.5, 0.6) is 0 Å². The van der Waals surface area contributed by atoms with Gasteiger partial charge in [-0.25, -0.2) is 4.99 Å². The second kappa shape index (κ2) is 11.6. The Morgan fingerprint density at radius 3 is 2.21 bits per heavy atom. The van der Waals surface area contributed by atoms with E-state index in [2.05, 4.69) is 115 Å². The third kappa shape index (κ3) is 4.93. The summed E-state index contributed by atoms with van der Waals surface area (Å²) in [6.45, 7) is 0.479. The van der Waals surface area contributed by atoms with E-state index in [1.165, 1.54) is 25.6 Å². The van der Waals surface area contributed by atoms with E-state index in [1.807, 2.05) is 36.4 Å². The van der Waals surface area contributed by atoms with Crippen molar-refractivity contribution in [3.05, 3.63) is 168 Å². The van der Waals surface area contributed by atoms with Crippen molar-refractivity contribution in [2.75, 3.05) is 0 Å². The van der Waals surface area contributed by atoms with Crippen LogP contribution in [0.15, 0.2) is 166 Å². The zero-order valence-electron chi connectivity index (χ0n) is 25.9. The third-order valence-electron chi connectivity index (χ3n) is 8.96. The molecule has 0 amide bonds. The fourth-order valence-corrected chi connectivity index (χ4v) is 7.79. The summed E-state index contributed by atoms with van der Waals surface area (Å²) in [5.41, 5.74) is 13.7. The van der Waals surface area contributed by atoms with Crippen LogP contribution in [0.4, 0.5) is 0 Å². The summed E-state index contributed by atoms with van der Waals surface area (Å²) < 4.78 is 8.87. The Hall–Kier alpha value is -6.04. The number of thiophene rings is 1. The SMILES string of the molecule is NC(=NC(=NCc1ccccc1)c1cccc2sc3ccccc3c12)c1cc(-c2ccc3ccccc3c2)cc2oc3ccccc3c12. The largest absolute Gasteiger partial charge is 0.456 e. The van der Waals surface area contributed by atoms with Gasteiger partial charge in [0.05, 0.1) is 6.54 Å². The smallest absolute Gasteiger partial charge is 0.158 e. The van der Waals surface area contributed by atoms with E-state index in [-0.39, 0.29) is 0 Å². The Balaban J connectivity index is 1.27. The zero-order valence-corrected chi connectivity index (χ0v) is 26.7. The molecule has 0 saturated heterocycles. The second-order valence-corrected chi connectivity index (χ2v) is 13.0. The number of aliphatic imine (C=N–C) groups is 2. The summed E-state index contributed by atoms with van der Waals surface area (Å²) in [5.74, 6) is 0.986. The Kier molecular flexibility index (Phi) is 6.84. The first-order valence-corrected chi connectivity index (χ1v) is 16.8. The molecule has 2 N–H and O–H groups in total. The summed E-state index contributed by atoms with van der Waals surface area (Å²) in [6, 6.07) is 52.4. The minimum Gasteiger partial charge on any atom is -0.456 e. The summed E-state index contributed by atoms with van der Waals surface area (Å²) in [7, 11) is 0. The molecule has 2 heterocycles. The molecule has 9 rings (SSSR count). The number of nitrogens with two attached hydrogens (primary N) is 1. The van der Waals surface area contributed by atoms with Gasteiger partial charge in [0.1, 0.15) is 17.0 Å². The molecule has 0 aliphatic heterocycles. The number of amidine groups is 2. The topological polar surface area (TPSA) is 63.9 Å². The van der Waals surface area contributed by atoms with Crippen LogP contribution in [0.3, 0.4) is 0 Å². The van der Waals surface area contributed by atoms with Crippen LogP contribution >= 0.6 is 11.3 Å².